The van der Waals surface area contributed by atoms with Crippen LogP contribution in [0.2, 0.25) is 0 Å². The number of hydrogen-bond acceptors (Lipinski definition) is 2. The summed E-state index contributed by atoms with van der Waals surface area (Å²) in [5.74, 6) is -0.326. The smallest absolute Gasteiger partial charge is 0.317 e. The Morgan fingerprint density at radius 1 is 0.926 bits per heavy atom. The van der Waals surface area contributed by atoms with E-state index in [1.54, 1.807) is 6.08 Å². The van der Waals surface area contributed by atoms with Gasteiger partial charge in [-0.25, -0.2) is 4.79 Å². The summed E-state index contributed by atoms with van der Waals surface area (Å²) in [6.45, 7) is 0.247. The van der Waals surface area contributed by atoms with Crippen molar-refractivity contribution in [1.29, 1.82) is 0 Å². The van der Waals surface area contributed by atoms with Gasteiger partial charge in [0.1, 0.15) is 5.70 Å². The summed E-state index contributed by atoms with van der Waals surface area (Å²) in [5, 5.41) is 2.68. The average molecular weight is 422 g/mol. The molecule has 2 heterocycles. The van der Waals surface area contributed by atoms with Gasteiger partial charge in [0.15, 0.2) is 0 Å². The molecule has 1 aromatic heterocycles. The maximum Gasteiger partial charge on any atom is 0.329 e. The lowest BCUT2D eigenvalue weighted by Gasteiger charge is -2.11. The van der Waals surface area contributed by atoms with Crippen molar-refractivity contribution in [2.24, 2.45) is 0 Å². The number of aromatic nitrogens is 1. The predicted octanol–water partition coefficient (Wildman–Crippen LogP) is 4.33. The minimum absolute atomic E-state index is 0.247. The van der Waals surface area contributed by atoms with Crippen LogP contribution in [-0.2, 0) is 11.3 Å². The second kappa shape index (κ2) is 7.25. The largest absolute Gasteiger partial charge is 0.329 e. The molecule has 1 N–H and O–H groups in total. The highest BCUT2D eigenvalue weighted by atomic mass is 79.9. The fraction of sp³-hybridized carbons (Fsp3) is 0.0476. The number of imide groups is 1. The quantitative estimate of drug-likeness (QED) is 0.503. The van der Waals surface area contributed by atoms with E-state index in [9.17, 15) is 9.59 Å². The van der Waals surface area contributed by atoms with Gasteiger partial charge in [0.05, 0.1) is 6.54 Å². The Kier molecular flexibility index (Phi) is 4.64. The van der Waals surface area contributed by atoms with Gasteiger partial charge in [0.2, 0.25) is 0 Å². The summed E-state index contributed by atoms with van der Waals surface area (Å²) < 4.78 is 2.95. The van der Waals surface area contributed by atoms with Crippen LogP contribution in [0.3, 0.4) is 0 Å². The third-order valence-corrected chi connectivity index (χ3v) is 4.85. The number of halogens is 1. The van der Waals surface area contributed by atoms with Crippen LogP contribution in [0.25, 0.3) is 11.8 Å². The summed E-state index contributed by atoms with van der Waals surface area (Å²) in [6, 6.07) is 20.7. The van der Waals surface area contributed by atoms with Gasteiger partial charge in [0.25, 0.3) is 5.91 Å². The number of nitrogens with zero attached hydrogens (tertiary/aromatic N) is 2. The van der Waals surface area contributed by atoms with Crippen LogP contribution >= 0.6 is 15.9 Å². The van der Waals surface area contributed by atoms with Gasteiger partial charge in [0, 0.05) is 22.1 Å². The van der Waals surface area contributed by atoms with Crippen molar-refractivity contribution in [3.63, 3.8) is 0 Å². The fourth-order valence-corrected chi connectivity index (χ4v) is 3.24. The molecule has 0 spiro atoms. The molecule has 0 aliphatic carbocycles. The third-order valence-electron chi connectivity index (χ3n) is 4.32. The number of urea groups is 1. The van der Waals surface area contributed by atoms with E-state index in [1.165, 1.54) is 4.90 Å². The van der Waals surface area contributed by atoms with Crippen molar-refractivity contribution in [2.45, 2.75) is 6.54 Å². The van der Waals surface area contributed by atoms with Crippen LogP contribution in [0.5, 0.6) is 0 Å². The monoisotopic (exact) mass is 421 g/mol. The zero-order chi connectivity index (χ0) is 18.8. The molecule has 1 aliphatic rings. The highest BCUT2D eigenvalue weighted by Crippen LogP contribution is 2.21. The predicted molar refractivity (Wildman–Crippen MR) is 107 cm³/mol. The number of carbonyl (C=O) groups excluding carboxylic acids is 2. The van der Waals surface area contributed by atoms with Crippen LogP contribution in [0, 0.1) is 0 Å². The molecule has 27 heavy (non-hydrogen) atoms. The molecule has 0 saturated carbocycles. The highest BCUT2D eigenvalue weighted by Gasteiger charge is 2.33. The zero-order valence-electron chi connectivity index (χ0n) is 14.3. The summed E-state index contributed by atoms with van der Waals surface area (Å²) >= 11 is 3.43. The summed E-state index contributed by atoms with van der Waals surface area (Å²) in [6.07, 6.45) is 3.62. The zero-order valence-corrected chi connectivity index (χ0v) is 15.9. The van der Waals surface area contributed by atoms with Crippen LogP contribution in [-0.4, -0.2) is 21.4 Å². The van der Waals surface area contributed by atoms with E-state index in [0.29, 0.717) is 0 Å². The lowest BCUT2D eigenvalue weighted by Crippen LogP contribution is -2.30. The Bertz CT molecular complexity index is 1020. The number of amides is 3. The molecule has 1 aliphatic heterocycles. The maximum atomic E-state index is 12.7. The molecule has 3 aromatic rings. The van der Waals surface area contributed by atoms with E-state index in [-0.39, 0.29) is 18.1 Å². The van der Waals surface area contributed by atoms with Crippen molar-refractivity contribution < 1.29 is 9.59 Å². The molecule has 2 aromatic carbocycles. The van der Waals surface area contributed by atoms with Gasteiger partial charge < -0.3 is 9.88 Å². The number of hydrogen-bond donors (Lipinski definition) is 1. The van der Waals surface area contributed by atoms with E-state index in [4.69, 9.17) is 0 Å². The fourth-order valence-electron chi connectivity index (χ4n) is 2.98. The molecule has 0 atom stereocenters. The van der Waals surface area contributed by atoms with E-state index < -0.39 is 6.03 Å². The van der Waals surface area contributed by atoms with Gasteiger partial charge in [-0.05, 0) is 48.0 Å². The second-order valence-electron chi connectivity index (χ2n) is 6.14. The molecule has 4 rings (SSSR count). The first-order valence-corrected chi connectivity index (χ1v) is 9.23. The Labute approximate surface area is 165 Å². The molecule has 0 radical (unpaired) electrons. The van der Waals surface area contributed by atoms with E-state index >= 15 is 0 Å². The molecule has 0 bridgehead atoms. The molecule has 6 heteroatoms. The normalized spacial score (nSPS) is 15.4. The molecule has 0 unspecified atom stereocenters. The van der Waals surface area contributed by atoms with E-state index in [0.717, 1.165) is 21.4 Å². The molecular formula is C21H16BrN3O2. The number of benzene rings is 2. The molecule has 3 amide bonds. The van der Waals surface area contributed by atoms with Crippen LogP contribution in [0.4, 0.5) is 4.79 Å². The van der Waals surface area contributed by atoms with Gasteiger partial charge in [-0.15, -0.1) is 0 Å². The first-order chi connectivity index (χ1) is 13.1. The minimum Gasteiger partial charge on any atom is -0.317 e. The van der Waals surface area contributed by atoms with Crippen molar-refractivity contribution >= 4 is 33.9 Å². The summed E-state index contributed by atoms with van der Waals surface area (Å²) in [4.78, 5) is 26.2. The SMILES string of the molecule is O=C1N/C(=C/c2cccn2-c2ccc(Br)cc2)C(=O)N1Cc1ccccc1. The maximum absolute atomic E-state index is 12.7. The average Bonchev–Trinajstić information content (AvgIpc) is 3.24. The minimum atomic E-state index is -0.406. The van der Waals surface area contributed by atoms with Crippen LogP contribution in [0.15, 0.2) is 83.1 Å². The lowest BCUT2D eigenvalue weighted by atomic mass is 10.2. The van der Waals surface area contributed by atoms with Crippen molar-refractivity contribution in [3.8, 4) is 5.69 Å². The second-order valence-corrected chi connectivity index (χ2v) is 7.06. The Hall–Kier alpha value is -3.12. The van der Waals surface area contributed by atoms with E-state index in [1.807, 2.05) is 77.5 Å². The Morgan fingerprint density at radius 2 is 1.67 bits per heavy atom. The Morgan fingerprint density at radius 3 is 2.41 bits per heavy atom. The molecule has 134 valence electrons. The lowest BCUT2D eigenvalue weighted by molar-refractivity contribution is -0.123. The third kappa shape index (κ3) is 3.57. The van der Waals surface area contributed by atoms with E-state index in [2.05, 4.69) is 21.2 Å². The molecule has 5 nitrogen and oxygen atoms in total. The highest BCUT2D eigenvalue weighted by molar-refractivity contribution is 9.10. The summed E-state index contributed by atoms with van der Waals surface area (Å²) in [5.41, 5.74) is 2.95. The van der Waals surface area contributed by atoms with Gasteiger partial charge in [-0.2, -0.15) is 0 Å². The first kappa shape index (κ1) is 17.3. The van der Waals surface area contributed by atoms with Crippen LogP contribution in [0.1, 0.15) is 11.3 Å². The molecule has 1 fully saturated rings. The topological polar surface area (TPSA) is 54.3 Å². The number of carbonyl (C=O) groups is 2. The van der Waals surface area contributed by atoms with Crippen LogP contribution < -0.4 is 5.32 Å². The van der Waals surface area contributed by atoms with Gasteiger partial charge in [-0.3, -0.25) is 9.69 Å². The molecular weight excluding hydrogens is 406 g/mol. The number of rotatable bonds is 4. The van der Waals surface area contributed by atoms with Crippen molar-refractivity contribution in [2.75, 3.05) is 0 Å². The number of nitrogens with one attached hydrogen (secondary N) is 1. The standard InChI is InChI=1S/C21H16BrN3O2/c22-16-8-10-17(11-9-16)24-12-4-7-18(24)13-19-20(26)25(21(27)23-19)14-15-5-2-1-3-6-15/h1-13H,14H2,(H,23,27)/b19-13+. The molecule has 1 saturated heterocycles. The van der Waals surface area contributed by atoms with Crippen molar-refractivity contribution in [1.82, 2.24) is 14.8 Å². The Balaban J connectivity index is 1.60. The van der Waals surface area contributed by atoms with Gasteiger partial charge >= 0.3 is 6.03 Å². The van der Waals surface area contributed by atoms with Gasteiger partial charge in [-0.1, -0.05) is 46.3 Å². The van der Waals surface area contributed by atoms with Crippen molar-refractivity contribution in [3.05, 3.63) is 94.4 Å². The summed E-state index contributed by atoms with van der Waals surface area (Å²) in [7, 11) is 0. The first-order valence-electron chi connectivity index (χ1n) is 8.43.